The summed E-state index contributed by atoms with van der Waals surface area (Å²) in [5.74, 6) is 0. The Morgan fingerprint density at radius 3 is 3.05 bits per heavy atom. The number of aryl methyl sites for hydroxylation is 3. The second kappa shape index (κ2) is 5.18. The van der Waals surface area contributed by atoms with E-state index in [-0.39, 0.29) is 0 Å². The normalized spacial score (nSPS) is 17.5. The Bertz CT molecular complexity index is 603. The van der Waals surface area contributed by atoms with Gasteiger partial charge in [0.1, 0.15) is 0 Å². The molecule has 100 valence electrons. The van der Waals surface area contributed by atoms with Crippen molar-refractivity contribution < 1.29 is 0 Å². The zero-order valence-electron chi connectivity index (χ0n) is 11.3. The van der Waals surface area contributed by atoms with Gasteiger partial charge in [0.15, 0.2) is 0 Å². The van der Waals surface area contributed by atoms with Crippen molar-refractivity contribution in [2.24, 2.45) is 0 Å². The van der Waals surface area contributed by atoms with Crippen molar-refractivity contribution in [3.63, 3.8) is 0 Å². The topological polar surface area (TPSA) is 12.0 Å². The van der Waals surface area contributed by atoms with Crippen LogP contribution in [0.5, 0.6) is 0 Å². The van der Waals surface area contributed by atoms with Gasteiger partial charge in [0, 0.05) is 10.6 Å². The fourth-order valence-electron chi connectivity index (χ4n) is 2.88. The minimum absolute atomic E-state index is 0.421. The number of rotatable bonds is 3. The molecule has 0 spiro atoms. The van der Waals surface area contributed by atoms with Gasteiger partial charge in [-0.15, -0.1) is 11.3 Å². The fraction of sp³-hybridized carbons (Fsp3) is 0.375. The van der Waals surface area contributed by atoms with Crippen LogP contribution in [0.15, 0.2) is 24.3 Å². The lowest BCUT2D eigenvalue weighted by molar-refractivity contribution is 0.759. The number of para-hydroxylation sites is 1. The van der Waals surface area contributed by atoms with Crippen LogP contribution in [-0.2, 0) is 12.8 Å². The molecule has 0 fully saturated rings. The van der Waals surface area contributed by atoms with Crippen LogP contribution in [0.1, 0.15) is 41.0 Å². The summed E-state index contributed by atoms with van der Waals surface area (Å²) in [5.41, 5.74) is 5.44. The Labute approximate surface area is 123 Å². The minimum atomic E-state index is 0.421. The van der Waals surface area contributed by atoms with E-state index in [2.05, 4.69) is 43.4 Å². The van der Waals surface area contributed by atoms with E-state index in [1.54, 1.807) is 11.3 Å². The van der Waals surface area contributed by atoms with Gasteiger partial charge in [-0.2, -0.15) is 0 Å². The average molecular weight is 292 g/mol. The van der Waals surface area contributed by atoms with Gasteiger partial charge in [0.2, 0.25) is 0 Å². The highest BCUT2D eigenvalue weighted by Gasteiger charge is 2.25. The molecule has 2 aromatic rings. The maximum Gasteiger partial charge on any atom is 0.0934 e. The van der Waals surface area contributed by atoms with Crippen LogP contribution in [0.3, 0.4) is 0 Å². The van der Waals surface area contributed by atoms with Gasteiger partial charge < -0.3 is 5.32 Å². The second-order valence-corrected chi connectivity index (χ2v) is 6.90. The third-order valence-electron chi connectivity index (χ3n) is 3.91. The van der Waals surface area contributed by atoms with Crippen LogP contribution in [0.25, 0.3) is 0 Å². The first kappa shape index (κ1) is 13.0. The van der Waals surface area contributed by atoms with Gasteiger partial charge in [0.25, 0.3) is 0 Å². The molecule has 1 N–H and O–H groups in total. The Balaban J connectivity index is 1.91. The van der Waals surface area contributed by atoms with E-state index in [0.717, 1.165) is 17.2 Å². The lowest BCUT2D eigenvalue weighted by Crippen LogP contribution is -2.09. The van der Waals surface area contributed by atoms with Gasteiger partial charge >= 0.3 is 0 Å². The second-order valence-electron chi connectivity index (χ2n) is 5.13. The number of hydrogen-bond donors (Lipinski definition) is 1. The van der Waals surface area contributed by atoms with E-state index < -0.39 is 0 Å². The number of hydrogen-bond acceptors (Lipinski definition) is 2. The van der Waals surface area contributed by atoms with Gasteiger partial charge in [-0.1, -0.05) is 36.7 Å². The van der Waals surface area contributed by atoms with Crippen molar-refractivity contribution in [2.75, 3.05) is 5.32 Å². The SMILES string of the molecule is CCc1cccc(C)c1NC1CCc2sc(Cl)cc21. The van der Waals surface area contributed by atoms with Gasteiger partial charge in [0.05, 0.1) is 10.4 Å². The predicted molar refractivity (Wildman–Crippen MR) is 84.6 cm³/mol. The molecule has 1 aromatic heterocycles. The number of benzene rings is 1. The zero-order chi connectivity index (χ0) is 13.4. The van der Waals surface area contributed by atoms with E-state index in [4.69, 9.17) is 11.6 Å². The summed E-state index contributed by atoms with van der Waals surface area (Å²) in [6.45, 7) is 4.39. The standard InChI is InChI=1S/C16H18ClNS/c1-3-11-6-4-5-10(2)16(11)18-13-7-8-14-12(13)9-15(17)19-14/h4-6,9,13,18H,3,7-8H2,1-2H3. The quantitative estimate of drug-likeness (QED) is 0.801. The van der Waals surface area contributed by atoms with Crippen molar-refractivity contribution in [2.45, 2.75) is 39.2 Å². The predicted octanol–water partition coefficient (Wildman–Crippen LogP) is 5.37. The molecule has 0 radical (unpaired) electrons. The van der Waals surface area contributed by atoms with Gasteiger partial charge in [-0.05, 0) is 48.9 Å². The summed E-state index contributed by atoms with van der Waals surface area (Å²) >= 11 is 7.86. The molecule has 0 saturated carbocycles. The number of fused-ring (bicyclic) bond motifs is 1. The summed E-state index contributed by atoms with van der Waals surface area (Å²) in [6, 6.07) is 9.09. The highest BCUT2D eigenvalue weighted by molar-refractivity contribution is 7.16. The molecule has 0 bridgehead atoms. The molecule has 1 aromatic carbocycles. The molecule has 1 aliphatic rings. The number of nitrogens with one attached hydrogen (secondary N) is 1. The van der Waals surface area contributed by atoms with Crippen molar-refractivity contribution >= 4 is 28.6 Å². The van der Waals surface area contributed by atoms with Crippen LogP contribution >= 0.6 is 22.9 Å². The van der Waals surface area contributed by atoms with E-state index in [1.807, 2.05) is 0 Å². The smallest absolute Gasteiger partial charge is 0.0934 e. The van der Waals surface area contributed by atoms with Crippen molar-refractivity contribution in [3.05, 3.63) is 50.2 Å². The van der Waals surface area contributed by atoms with Crippen LogP contribution in [0, 0.1) is 6.92 Å². The third kappa shape index (κ3) is 2.39. The van der Waals surface area contributed by atoms with Crippen molar-refractivity contribution in [1.29, 1.82) is 0 Å². The monoisotopic (exact) mass is 291 g/mol. The highest BCUT2D eigenvalue weighted by atomic mass is 35.5. The lowest BCUT2D eigenvalue weighted by Gasteiger charge is -2.19. The molecule has 0 amide bonds. The molecule has 1 atom stereocenters. The van der Waals surface area contributed by atoms with Gasteiger partial charge in [-0.3, -0.25) is 0 Å². The first-order valence-corrected chi connectivity index (χ1v) is 8.01. The maximum atomic E-state index is 6.13. The molecule has 1 aliphatic carbocycles. The molecule has 3 heteroatoms. The zero-order valence-corrected chi connectivity index (χ0v) is 12.9. The van der Waals surface area contributed by atoms with E-state index in [0.29, 0.717) is 6.04 Å². The number of thiophene rings is 1. The summed E-state index contributed by atoms with van der Waals surface area (Å²) in [6.07, 6.45) is 3.39. The summed E-state index contributed by atoms with van der Waals surface area (Å²) < 4.78 is 0.914. The van der Waals surface area contributed by atoms with E-state index in [1.165, 1.54) is 33.7 Å². The summed E-state index contributed by atoms with van der Waals surface area (Å²) in [4.78, 5) is 1.45. The average Bonchev–Trinajstić information content (AvgIpc) is 2.92. The first-order valence-electron chi connectivity index (χ1n) is 6.82. The molecule has 0 saturated heterocycles. The molecular weight excluding hydrogens is 274 g/mol. The Morgan fingerprint density at radius 2 is 2.26 bits per heavy atom. The molecule has 1 nitrogen and oxygen atoms in total. The Hall–Kier alpha value is -0.990. The maximum absolute atomic E-state index is 6.13. The fourth-order valence-corrected chi connectivity index (χ4v) is 4.24. The molecule has 0 aliphatic heterocycles. The largest absolute Gasteiger partial charge is 0.378 e. The highest BCUT2D eigenvalue weighted by Crippen LogP contribution is 2.41. The van der Waals surface area contributed by atoms with E-state index >= 15 is 0 Å². The van der Waals surface area contributed by atoms with E-state index in [9.17, 15) is 0 Å². The van der Waals surface area contributed by atoms with Crippen LogP contribution < -0.4 is 5.32 Å². The van der Waals surface area contributed by atoms with Crippen LogP contribution in [0.4, 0.5) is 5.69 Å². The minimum Gasteiger partial charge on any atom is -0.378 e. The molecular formula is C16H18ClNS. The third-order valence-corrected chi connectivity index (χ3v) is 5.25. The summed E-state index contributed by atoms with van der Waals surface area (Å²) in [7, 11) is 0. The molecule has 1 unspecified atom stereocenters. The molecule has 3 rings (SSSR count). The van der Waals surface area contributed by atoms with Crippen molar-refractivity contribution in [1.82, 2.24) is 0 Å². The van der Waals surface area contributed by atoms with Gasteiger partial charge in [-0.25, -0.2) is 0 Å². The molecule has 19 heavy (non-hydrogen) atoms. The molecule has 1 heterocycles. The lowest BCUT2D eigenvalue weighted by atomic mass is 10.0. The van der Waals surface area contributed by atoms with Crippen LogP contribution in [-0.4, -0.2) is 0 Å². The number of halogens is 1. The van der Waals surface area contributed by atoms with Crippen molar-refractivity contribution in [3.8, 4) is 0 Å². The summed E-state index contributed by atoms with van der Waals surface area (Å²) in [5, 5.41) is 3.75. The number of anilines is 1. The van der Waals surface area contributed by atoms with Crippen LogP contribution in [0.2, 0.25) is 4.34 Å². The Morgan fingerprint density at radius 1 is 1.42 bits per heavy atom. The first-order chi connectivity index (χ1) is 9.19. The Kier molecular flexibility index (Phi) is 3.55.